The predicted octanol–water partition coefficient (Wildman–Crippen LogP) is 14.7. The first kappa shape index (κ1) is 39.5. The Balaban J connectivity index is 1.30. The molecule has 9 heteroatoms. The Morgan fingerprint density at radius 2 is 1.05 bits per heavy atom. The number of nitrogens with zero attached hydrogens (tertiary/aromatic N) is 6. The molecule has 0 aliphatic rings. The van der Waals surface area contributed by atoms with E-state index in [0.717, 1.165) is 73.0 Å². The van der Waals surface area contributed by atoms with Gasteiger partial charge < -0.3 is 4.57 Å². The molecule has 0 atom stereocenters. The Labute approximate surface area is 366 Å². The monoisotopic (exact) mass is 834 g/mol. The highest BCUT2D eigenvalue weighted by Gasteiger charge is 2.31. The van der Waals surface area contributed by atoms with E-state index in [-0.39, 0.29) is 0 Å². The minimum absolute atomic E-state index is 0.369. The van der Waals surface area contributed by atoms with Gasteiger partial charge in [0.25, 0.3) is 0 Å². The molecule has 0 aliphatic carbocycles. The summed E-state index contributed by atoms with van der Waals surface area (Å²) in [5.74, 6) is 1.34. The quantitative estimate of drug-likeness (QED) is 0.150. The molecule has 0 saturated heterocycles. The van der Waals surface area contributed by atoms with Crippen molar-refractivity contribution in [3.05, 3.63) is 210 Å². The highest BCUT2D eigenvalue weighted by Crippen LogP contribution is 2.45. The van der Waals surface area contributed by atoms with Crippen LogP contribution in [0.5, 0.6) is 0 Å². The zero-order chi connectivity index (χ0) is 44.0. The molecular formula is C55H33F3N6. The molecule has 0 N–H and O–H groups in total. The van der Waals surface area contributed by atoms with Gasteiger partial charge in [-0.15, -0.1) is 0 Å². The lowest BCUT2D eigenvalue weighted by atomic mass is 9.91. The molecule has 0 bridgehead atoms. The molecule has 8 aromatic carbocycles. The predicted molar refractivity (Wildman–Crippen MR) is 247 cm³/mol. The van der Waals surface area contributed by atoms with E-state index in [2.05, 4.69) is 39.7 Å². The largest absolute Gasteiger partial charge is 0.416 e. The summed E-state index contributed by atoms with van der Waals surface area (Å²) in [6, 6.07) is 58.1. The average Bonchev–Trinajstić information content (AvgIpc) is 3.67. The van der Waals surface area contributed by atoms with Gasteiger partial charge >= 0.3 is 6.18 Å². The summed E-state index contributed by atoms with van der Waals surface area (Å²) in [5.41, 5.74) is 10.2. The third-order valence-corrected chi connectivity index (χ3v) is 11.4. The first-order valence-corrected chi connectivity index (χ1v) is 20.4. The SMILES string of the molecule is [C-]#[N+]c1cc(C#N)ccc1-c1ccc2c(c1)c1ccccc1n2-c1c(-c2ccc(C)cc2)cc(-c2nc(-c3ccccc3)nc(-c3ccccc3)n2)cc1-c1ccc(C(F)(F)F)cc1. The maximum absolute atomic E-state index is 14.1. The Morgan fingerprint density at radius 3 is 1.62 bits per heavy atom. The van der Waals surface area contributed by atoms with Gasteiger partial charge in [0.05, 0.1) is 34.9 Å². The van der Waals surface area contributed by atoms with Crippen LogP contribution in [0.1, 0.15) is 16.7 Å². The van der Waals surface area contributed by atoms with Crippen molar-refractivity contribution in [3.63, 3.8) is 0 Å². The molecule has 0 amide bonds. The van der Waals surface area contributed by atoms with Crippen LogP contribution in [-0.2, 0) is 6.18 Å². The summed E-state index contributed by atoms with van der Waals surface area (Å²) in [7, 11) is 0. The topological polar surface area (TPSA) is 71.8 Å². The number of para-hydroxylation sites is 1. The van der Waals surface area contributed by atoms with Gasteiger partial charge in [-0.1, -0.05) is 133 Å². The van der Waals surface area contributed by atoms with Gasteiger partial charge in [-0.2, -0.15) is 18.4 Å². The van der Waals surface area contributed by atoms with Gasteiger partial charge in [-0.25, -0.2) is 19.8 Å². The normalized spacial score (nSPS) is 11.4. The zero-order valence-corrected chi connectivity index (χ0v) is 34.1. The highest BCUT2D eigenvalue weighted by atomic mass is 19.4. The molecule has 10 rings (SSSR count). The molecule has 0 spiro atoms. The number of halogens is 3. The van der Waals surface area contributed by atoms with Crippen molar-refractivity contribution in [2.45, 2.75) is 13.1 Å². The van der Waals surface area contributed by atoms with E-state index in [1.807, 2.05) is 122 Å². The van der Waals surface area contributed by atoms with E-state index in [9.17, 15) is 18.4 Å². The first-order valence-electron chi connectivity index (χ1n) is 20.4. The number of nitriles is 1. The van der Waals surface area contributed by atoms with Crippen LogP contribution in [0.3, 0.4) is 0 Å². The summed E-state index contributed by atoms with van der Waals surface area (Å²) < 4.78 is 44.5. The van der Waals surface area contributed by atoms with Crippen molar-refractivity contribution in [1.82, 2.24) is 19.5 Å². The van der Waals surface area contributed by atoms with Gasteiger partial charge in [0.2, 0.25) is 0 Å². The van der Waals surface area contributed by atoms with Gasteiger partial charge in [0.15, 0.2) is 23.2 Å². The fourth-order valence-electron chi connectivity index (χ4n) is 8.27. The number of hydrogen-bond acceptors (Lipinski definition) is 4. The Hall–Kier alpha value is -8.66. The van der Waals surface area contributed by atoms with Gasteiger partial charge in [0.1, 0.15) is 0 Å². The van der Waals surface area contributed by atoms with Gasteiger partial charge in [-0.05, 0) is 83.8 Å². The first-order chi connectivity index (χ1) is 31.2. The van der Waals surface area contributed by atoms with Crippen molar-refractivity contribution in [2.75, 3.05) is 0 Å². The summed E-state index contributed by atoms with van der Waals surface area (Å²) >= 11 is 0. The molecule has 0 saturated carbocycles. The summed E-state index contributed by atoms with van der Waals surface area (Å²) in [4.78, 5) is 18.8. The van der Waals surface area contributed by atoms with Crippen LogP contribution in [0, 0.1) is 24.8 Å². The van der Waals surface area contributed by atoms with E-state index in [0.29, 0.717) is 51.0 Å². The van der Waals surface area contributed by atoms with E-state index in [1.165, 1.54) is 12.1 Å². The van der Waals surface area contributed by atoms with Crippen LogP contribution < -0.4 is 0 Å². The van der Waals surface area contributed by atoms with Crippen LogP contribution in [0.2, 0.25) is 0 Å². The van der Waals surface area contributed by atoms with Crippen molar-refractivity contribution >= 4 is 27.5 Å². The smallest absolute Gasteiger partial charge is 0.308 e. The highest BCUT2D eigenvalue weighted by molar-refractivity contribution is 6.12. The summed E-state index contributed by atoms with van der Waals surface area (Å²) in [5, 5.41) is 11.4. The fraction of sp³-hybridized carbons (Fsp3) is 0.0364. The lowest BCUT2D eigenvalue weighted by molar-refractivity contribution is -0.137. The summed E-state index contributed by atoms with van der Waals surface area (Å²) in [6.45, 7) is 9.94. The van der Waals surface area contributed by atoms with Gasteiger partial charge in [-0.3, -0.25) is 0 Å². The Bertz CT molecular complexity index is 3430. The standard InChI is InChI=1S/C55H33F3N6/c1-34-17-20-36(21-18-34)45-31-41(54-62-52(38-11-5-3-6-12-38)61-53(63-54)39-13-7-4-8-14-39)32-46(37-22-25-42(26-23-37)55(56,57)58)51(45)64-49-16-10-9-15-44(49)47-30-40(24-28-50(47)64)43-27-19-35(33-59)29-48(43)60-2/h3-32H,1H3. The fourth-order valence-corrected chi connectivity index (χ4v) is 8.27. The molecule has 0 unspecified atom stereocenters. The van der Waals surface area contributed by atoms with Gasteiger partial charge in [0, 0.05) is 44.2 Å². The molecule has 0 aliphatic heterocycles. The number of fused-ring (bicyclic) bond motifs is 3. The molecule has 0 radical (unpaired) electrons. The molecule has 10 aromatic rings. The number of rotatable bonds is 7. The Morgan fingerprint density at radius 1 is 0.516 bits per heavy atom. The minimum Gasteiger partial charge on any atom is -0.308 e. The number of hydrogen-bond donors (Lipinski definition) is 0. The second-order valence-corrected chi connectivity index (χ2v) is 15.4. The maximum Gasteiger partial charge on any atom is 0.416 e. The lowest BCUT2D eigenvalue weighted by Crippen LogP contribution is -2.05. The van der Waals surface area contributed by atoms with Crippen molar-refractivity contribution < 1.29 is 13.2 Å². The number of alkyl halides is 3. The van der Waals surface area contributed by atoms with E-state index < -0.39 is 11.7 Å². The van der Waals surface area contributed by atoms with Crippen LogP contribution in [0.25, 0.3) is 99.9 Å². The van der Waals surface area contributed by atoms with E-state index in [1.54, 1.807) is 18.2 Å². The third-order valence-electron chi connectivity index (χ3n) is 11.4. The lowest BCUT2D eigenvalue weighted by Gasteiger charge is -2.21. The second kappa shape index (κ2) is 16.0. The number of benzene rings is 8. The Kier molecular flexibility index (Phi) is 9.86. The third kappa shape index (κ3) is 7.21. The zero-order valence-electron chi connectivity index (χ0n) is 34.1. The van der Waals surface area contributed by atoms with E-state index >= 15 is 0 Å². The van der Waals surface area contributed by atoms with Crippen molar-refractivity contribution in [1.29, 1.82) is 5.26 Å². The minimum atomic E-state index is -4.53. The molecule has 2 aromatic heterocycles. The van der Waals surface area contributed by atoms with E-state index in [4.69, 9.17) is 21.5 Å². The molecule has 6 nitrogen and oxygen atoms in total. The average molecular weight is 835 g/mol. The number of aromatic nitrogens is 4. The van der Waals surface area contributed by atoms with Crippen LogP contribution in [0.4, 0.5) is 18.9 Å². The molecule has 2 heterocycles. The summed E-state index contributed by atoms with van der Waals surface area (Å²) in [6.07, 6.45) is -4.53. The van der Waals surface area contributed by atoms with Crippen molar-refractivity contribution in [2.24, 2.45) is 0 Å². The van der Waals surface area contributed by atoms with Crippen LogP contribution >= 0.6 is 0 Å². The second-order valence-electron chi connectivity index (χ2n) is 15.4. The van der Waals surface area contributed by atoms with Crippen LogP contribution in [0.15, 0.2) is 182 Å². The van der Waals surface area contributed by atoms with Crippen molar-refractivity contribution in [3.8, 4) is 79.3 Å². The number of aryl methyl sites for hydroxylation is 1. The molecule has 64 heavy (non-hydrogen) atoms. The molecule has 0 fully saturated rings. The molecule has 304 valence electrons. The van der Waals surface area contributed by atoms with Crippen LogP contribution in [-0.4, -0.2) is 19.5 Å². The molecular weight excluding hydrogens is 802 g/mol. The maximum atomic E-state index is 14.1.